The molecule has 0 aromatic carbocycles. The minimum atomic E-state index is -0.940. The molecule has 0 bridgehead atoms. The largest absolute Gasteiger partial charge is 0.350 e. The van der Waals surface area contributed by atoms with Gasteiger partial charge < -0.3 is 5.73 Å². The molecule has 0 aliphatic carbocycles. The van der Waals surface area contributed by atoms with Crippen LogP contribution in [0, 0.1) is 4.91 Å². The highest BCUT2D eigenvalue weighted by Gasteiger charge is 1.80. The number of carbonyl (C=O) groups is 1. The molecule has 7 heteroatoms. The van der Waals surface area contributed by atoms with Gasteiger partial charge in [-0.1, -0.05) is 0 Å². The van der Waals surface area contributed by atoms with Gasteiger partial charge in [0.05, 0.1) is 5.29 Å². The van der Waals surface area contributed by atoms with Crippen molar-refractivity contribution in [3.63, 3.8) is 0 Å². The number of hydrogen-bond donors (Lipinski definition) is 2. The summed E-state index contributed by atoms with van der Waals surface area (Å²) in [7, 11) is 0. The number of halogens is 2. The van der Waals surface area contributed by atoms with Gasteiger partial charge in [0.25, 0.3) is 0 Å². The second kappa shape index (κ2) is 8.45. The molecule has 0 saturated heterocycles. The third-order valence-electron chi connectivity index (χ3n) is 0.156. The molecule has 0 heterocycles. The summed E-state index contributed by atoms with van der Waals surface area (Å²) in [4.78, 5) is 18.1. The molecule has 3 N–H and O–H groups in total. The van der Waals surface area contributed by atoms with Gasteiger partial charge in [0.15, 0.2) is 0 Å². The van der Waals surface area contributed by atoms with Gasteiger partial charge in [-0.05, 0) is 6.92 Å². The summed E-state index contributed by atoms with van der Waals surface area (Å²) in [6.45, 7) is 1.70. The highest BCUT2D eigenvalue weighted by molar-refractivity contribution is 6.43. The highest BCUT2D eigenvalue weighted by atomic mass is 35.5. The molecular weight excluding hydrogens is 181 g/mol. The van der Waals surface area contributed by atoms with Crippen LogP contribution in [0.3, 0.4) is 0 Å². The maximum Gasteiger partial charge on any atom is 0.335 e. The van der Waals surface area contributed by atoms with E-state index in [2.05, 4.69) is 5.73 Å². The van der Waals surface area contributed by atoms with Crippen LogP contribution in [0.2, 0.25) is 0 Å². The van der Waals surface area contributed by atoms with E-state index >= 15 is 0 Å². The Bertz CT molecular complexity index is 105. The van der Waals surface area contributed by atoms with Crippen LogP contribution in [0.4, 0.5) is 4.79 Å². The molecule has 0 unspecified atom stereocenters. The fraction of sp³-hybridized carbons (Fsp3) is 0.667. The first kappa shape index (κ1) is 12.2. The molecule has 0 aliphatic rings. The molecule has 0 radical (unpaired) electrons. The van der Waals surface area contributed by atoms with Crippen LogP contribution in [0.5, 0.6) is 0 Å². The van der Waals surface area contributed by atoms with E-state index in [0.717, 1.165) is 0 Å². The Morgan fingerprint density at radius 3 is 2.00 bits per heavy atom. The third kappa shape index (κ3) is 51.6. The number of primary amides is 1. The number of alkyl halides is 2. The quantitative estimate of drug-likeness (QED) is 0.367. The summed E-state index contributed by atoms with van der Waals surface area (Å²) in [5.41, 5.74) is 5.78. The third-order valence-corrected chi connectivity index (χ3v) is 0.156. The summed E-state index contributed by atoms with van der Waals surface area (Å²) in [6, 6.07) is -0.940. The molecule has 0 rings (SSSR count). The van der Waals surface area contributed by atoms with Crippen LogP contribution < -0.4 is 11.2 Å². The predicted octanol–water partition coefficient (Wildman–Crippen LogP) is 1.15. The van der Waals surface area contributed by atoms with Gasteiger partial charge in [-0.2, -0.15) is 5.43 Å². The van der Waals surface area contributed by atoms with Crippen molar-refractivity contribution >= 4 is 29.2 Å². The van der Waals surface area contributed by atoms with Crippen molar-refractivity contribution in [3.8, 4) is 0 Å². The molecule has 0 aromatic heterocycles. The highest BCUT2D eigenvalue weighted by Crippen LogP contribution is 1.95. The number of carbonyl (C=O) groups excluding carboxylic acids is 1. The summed E-state index contributed by atoms with van der Waals surface area (Å²) < 4.78 is 0. The Labute approximate surface area is 67.8 Å². The lowest BCUT2D eigenvalue weighted by Crippen LogP contribution is -2.23. The molecule has 0 spiro atoms. The monoisotopic (exact) mass is 187 g/mol. The van der Waals surface area contributed by atoms with E-state index in [1.54, 1.807) is 6.92 Å². The fourth-order valence-corrected chi connectivity index (χ4v) is 0.0450. The van der Waals surface area contributed by atoms with Crippen molar-refractivity contribution in [3.05, 3.63) is 4.91 Å². The lowest BCUT2D eigenvalue weighted by molar-refractivity contribution is 0.249. The molecule has 5 nitrogen and oxygen atoms in total. The average Bonchev–Trinajstić information content (AvgIpc) is 1.62. The second-order valence-corrected chi connectivity index (χ2v) is 2.62. The van der Waals surface area contributed by atoms with E-state index in [0.29, 0.717) is 0 Å². The van der Waals surface area contributed by atoms with Gasteiger partial charge in [-0.25, -0.2) is 4.79 Å². The van der Waals surface area contributed by atoms with Crippen LogP contribution >= 0.6 is 23.2 Å². The Morgan fingerprint density at radius 1 is 1.70 bits per heavy atom. The van der Waals surface area contributed by atoms with Crippen molar-refractivity contribution in [2.45, 2.75) is 11.8 Å². The van der Waals surface area contributed by atoms with E-state index in [4.69, 9.17) is 28.1 Å². The molecule has 0 atom stereocenters. The summed E-state index contributed by atoms with van der Waals surface area (Å²) in [5, 5.41) is 1.96. The van der Waals surface area contributed by atoms with E-state index in [-0.39, 0.29) is 4.84 Å². The van der Waals surface area contributed by atoms with Gasteiger partial charge in [-0.15, -0.1) is 28.1 Å². The van der Waals surface area contributed by atoms with Crippen LogP contribution in [-0.4, -0.2) is 10.9 Å². The van der Waals surface area contributed by atoms with Crippen molar-refractivity contribution in [1.29, 1.82) is 0 Å². The van der Waals surface area contributed by atoms with Crippen LogP contribution in [0.15, 0.2) is 5.29 Å². The fourth-order valence-electron chi connectivity index (χ4n) is 0.0450. The molecule has 0 aliphatic heterocycles. The molecular formula is C3H7Cl2N3O2. The predicted molar refractivity (Wildman–Crippen MR) is 39.7 cm³/mol. The van der Waals surface area contributed by atoms with Crippen LogP contribution in [-0.2, 0) is 0 Å². The lowest BCUT2D eigenvalue weighted by Gasteiger charge is -1.77. The van der Waals surface area contributed by atoms with E-state index in [1.807, 2.05) is 5.29 Å². The Morgan fingerprint density at radius 2 is 2.00 bits per heavy atom. The average molecular weight is 188 g/mol. The number of nitrogens with two attached hydrogens (primary N) is 1. The lowest BCUT2D eigenvalue weighted by atomic mass is 11.0. The summed E-state index contributed by atoms with van der Waals surface area (Å²) >= 11 is 10.1. The molecule has 0 aromatic rings. The van der Waals surface area contributed by atoms with Gasteiger partial charge in [0.1, 0.15) is 4.84 Å². The van der Waals surface area contributed by atoms with Gasteiger partial charge in [0, 0.05) is 0 Å². The second-order valence-electron chi connectivity index (χ2n) is 1.09. The topological polar surface area (TPSA) is 84.6 Å². The van der Waals surface area contributed by atoms with Gasteiger partial charge in [0.2, 0.25) is 0 Å². The van der Waals surface area contributed by atoms with Crippen molar-refractivity contribution in [2.24, 2.45) is 11.0 Å². The van der Waals surface area contributed by atoms with Crippen molar-refractivity contribution < 1.29 is 4.79 Å². The first-order valence-electron chi connectivity index (χ1n) is 2.16. The Balaban J connectivity index is 0. The number of nitrogens with zero attached hydrogens (tertiary/aromatic N) is 1. The zero-order valence-corrected chi connectivity index (χ0v) is 6.69. The first-order chi connectivity index (χ1) is 4.50. The van der Waals surface area contributed by atoms with E-state index in [9.17, 15) is 4.79 Å². The van der Waals surface area contributed by atoms with E-state index in [1.165, 1.54) is 5.43 Å². The van der Waals surface area contributed by atoms with Crippen LogP contribution in [0.1, 0.15) is 6.92 Å². The molecule has 2 amide bonds. The van der Waals surface area contributed by atoms with E-state index < -0.39 is 6.03 Å². The standard InChI is InChI=1S/C2H4Cl2.CH3N3O2/c1-2(3)4;2-1(5)3-4-6/h2H,1H3;(H3,2,3,5,6). The zero-order chi connectivity index (χ0) is 8.57. The molecule has 0 fully saturated rings. The number of rotatable bonds is 1. The summed E-state index contributed by atoms with van der Waals surface area (Å²) in [5.74, 6) is 0. The number of nitrogens with one attached hydrogen (secondary N) is 1. The molecule has 0 saturated carbocycles. The first-order valence-corrected chi connectivity index (χ1v) is 3.04. The molecule has 10 heavy (non-hydrogen) atoms. The maximum atomic E-state index is 9.42. The molecule has 60 valence electrons. The minimum Gasteiger partial charge on any atom is -0.350 e. The van der Waals surface area contributed by atoms with Gasteiger partial charge >= 0.3 is 6.03 Å². The number of amides is 2. The van der Waals surface area contributed by atoms with Gasteiger partial charge in [-0.3, -0.25) is 0 Å². The number of nitroso groups, excluding NO2 is 1. The van der Waals surface area contributed by atoms with Crippen LogP contribution in [0.25, 0.3) is 0 Å². The van der Waals surface area contributed by atoms with Crippen molar-refractivity contribution in [1.82, 2.24) is 5.43 Å². The number of urea groups is 1. The Hall–Kier alpha value is -0.550. The summed E-state index contributed by atoms with van der Waals surface area (Å²) in [6.07, 6.45) is 0. The Kier molecular flexibility index (Phi) is 10.3. The van der Waals surface area contributed by atoms with Crippen molar-refractivity contribution in [2.75, 3.05) is 0 Å². The SMILES string of the molecule is CC(Cl)Cl.NC(=O)NN=O. The smallest absolute Gasteiger partial charge is 0.335 e. The minimum absolute atomic E-state index is 0.222. The zero-order valence-electron chi connectivity index (χ0n) is 5.17. The maximum absolute atomic E-state index is 9.42. The normalized spacial score (nSPS) is 7.60. The number of hydrogen-bond acceptors (Lipinski definition) is 3.